The third-order valence-electron chi connectivity index (χ3n) is 3.26. The molecule has 1 aromatic heterocycles. The number of aromatic hydroxyl groups is 1. The first kappa shape index (κ1) is 13.8. The van der Waals surface area contributed by atoms with Crippen LogP contribution >= 0.6 is 0 Å². The van der Waals surface area contributed by atoms with Gasteiger partial charge < -0.3 is 20.0 Å². The topological polar surface area (TPSA) is 76.9 Å². The third-order valence-corrected chi connectivity index (χ3v) is 3.26. The average Bonchev–Trinajstić information content (AvgIpc) is 2.69. The summed E-state index contributed by atoms with van der Waals surface area (Å²) < 4.78 is 0. The quantitative estimate of drug-likeness (QED) is 0.799. The number of β-amino-alcohol motifs (C(OH)–C–C–N with tert-alkyl or cyclic N) is 1. The van der Waals surface area contributed by atoms with Gasteiger partial charge in [-0.1, -0.05) is 0 Å². The van der Waals surface area contributed by atoms with Crippen LogP contribution in [0.4, 0.5) is 0 Å². The highest BCUT2D eigenvalue weighted by atomic mass is 16.3. The van der Waals surface area contributed by atoms with Gasteiger partial charge in [-0.25, -0.2) is 0 Å². The van der Waals surface area contributed by atoms with Gasteiger partial charge in [0.2, 0.25) is 0 Å². The minimum atomic E-state index is -0.502. The van der Waals surface area contributed by atoms with Crippen molar-refractivity contribution < 1.29 is 15.0 Å². The predicted octanol–water partition coefficient (Wildman–Crippen LogP) is -0.0758. The fourth-order valence-corrected chi connectivity index (χ4v) is 2.46. The molecule has 1 aliphatic rings. The molecule has 2 heterocycles. The fraction of sp³-hybridized carbons (Fsp3) is 0.538. The Bertz CT molecular complexity index is 464. The van der Waals surface area contributed by atoms with Crippen molar-refractivity contribution in [1.82, 2.24) is 14.8 Å². The van der Waals surface area contributed by atoms with Crippen LogP contribution in [0.25, 0.3) is 0 Å². The van der Waals surface area contributed by atoms with E-state index in [1.165, 1.54) is 18.5 Å². The molecule has 1 aromatic rings. The second-order valence-corrected chi connectivity index (χ2v) is 5.16. The zero-order valence-corrected chi connectivity index (χ0v) is 11.2. The molecule has 0 saturated carbocycles. The summed E-state index contributed by atoms with van der Waals surface area (Å²) in [5.41, 5.74) is 0.229. The van der Waals surface area contributed by atoms with Crippen LogP contribution in [0.2, 0.25) is 0 Å². The number of nitrogens with zero attached hydrogens (tertiary/aromatic N) is 3. The van der Waals surface area contributed by atoms with E-state index < -0.39 is 6.10 Å². The maximum Gasteiger partial charge on any atom is 0.258 e. The summed E-state index contributed by atoms with van der Waals surface area (Å²) in [5, 5.41) is 19.5. The first-order valence-electron chi connectivity index (χ1n) is 6.25. The van der Waals surface area contributed by atoms with Crippen LogP contribution in [0.15, 0.2) is 18.5 Å². The summed E-state index contributed by atoms with van der Waals surface area (Å²) in [4.78, 5) is 19.8. The molecule has 104 valence electrons. The number of hydrogen-bond acceptors (Lipinski definition) is 5. The normalized spacial score (nSPS) is 23.1. The molecule has 6 heteroatoms. The maximum atomic E-state index is 12.4. The number of carbonyl (C=O) groups is 1. The van der Waals surface area contributed by atoms with Crippen LogP contribution in [-0.2, 0) is 0 Å². The van der Waals surface area contributed by atoms with Crippen molar-refractivity contribution in [2.45, 2.75) is 18.6 Å². The highest BCUT2D eigenvalue weighted by Gasteiger charge is 2.35. The summed E-state index contributed by atoms with van der Waals surface area (Å²) in [6, 6.07) is 1.46. The molecule has 2 rings (SSSR count). The lowest BCUT2D eigenvalue weighted by atomic mass is 10.1. The average molecular weight is 265 g/mol. The number of carbonyl (C=O) groups excluding carboxylic acids is 1. The van der Waals surface area contributed by atoms with Crippen LogP contribution in [0, 0.1) is 0 Å². The van der Waals surface area contributed by atoms with E-state index in [1.807, 2.05) is 19.0 Å². The van der Waals surface area contributed by atoms with E-state index in [2.05, 4.69) is 4.98 Å². The molecule has 1 saturated heterocycles. The first-order chi connectivity index (χ1) is 8.99. The SMILES string of the molecule is CN(C)CC1CC(O)CN1C(=O)c1ccncc1O. The van der Waals surface area contributed by atoms with Gasteiger partial charge in [-0.2, -0.15) is 0 Å². The highest BCUT2D eigenvalue weighted by molar-refractivity contribution is 5.97. The second-order valence-electron chi connectivity index (χ2n) is 5.16. The van der Waals surface area contributed by atoms with Crippen molar-refractivity contribution in [2.24, 2.45) is 0 Å². The molecule has 0 aromatic carbocycles. The summed E-state index contributed by atoms with van der Waals surface area (Å²) in [6.07, 6.45) is 2.79. The van der Waals surface area contributed by atoms with Crippen LogP contribution in [0.1, 0.15) is 16.8 Å². The van der Waals surface area contributed by atoms with E-state index in [-0.39, 0.29) is 23.3 Å². The smallest absolute Gasteiger partial charge is 0.258 e. The van der Waals surface area contributed by atoms with Gasteiger partial charge in [0.05, 0.1) is 17.9 Å². The molecular weight excluding hydrogens is 246 g/mol. The summed E-state index contributed by atoms with van der Waals surface area (Å²) in [5.74, 6) is -0.388. The summed E-state index contributed by atoms with van der Waals surface area (Å²) in [7, 11) is 3.86. The molecule has 19 heavy (non-hydrogen) atoms. The molecule has 1 amide bonds. The number of aliphatic hydroxyl groups excluding tert-OH is 1. The monoisotopic (exact) mass is 265 g/mol. The van der Waals surface area contributed by atoms with E-state index in [0.717, 1.165) is 0 Å². The van der Waals surface area contributed by atoms with E-state index >= 15 is 0 Å². The number of aliphatic hydroxyl groups is 1. The van der Waals surface area contributed by atoms with Gasteiger partial charge in [-0.05, 0) is 26.6 Å². The standard InChI is InChI=1S/C13H19N3O3/c1-15(2)7-9-5-10(17)8-16(9)13(19)11-3-4-14-6-12(11)18/h3-4,6,9-10,17-18H,5,7-8H2,1-2H3. The molecule has 1 fully saturated rings. The third kappa shape index (κ3) is 3.02. The van der Waals surface area contributed by atoms with Crippen molar-refractivity contribution in [3.05, 3.63) is 24.0 Å². The summed E-state index contributed by atoms with van der Waals surface area (Å²) in [6.45, 7) is 0.994. The molecule has 1 aliphatic heterocycles. The number of hydrogen-bond donors (Lipinski definition) is 2. The lowest BCUT2D eigenvalue weighted by Crippen LogP contribution is -2.41. The number of likely N-dealkylation sites (tertiary alicyclic amines) is 1. The lowest BCUT2D eigenvalue weighted by Gasteiger charge is -2.27. The Balaban J connectivity index is 2.19. The number of amides is 1. The Hall–Kier alpha value is -1.66. The molecule has 0 radical (unpaired) electrons. The van der Waals surface area contributed by atoms with Crippen LogP contribution in [-0.4, -0.2) is 70.2 Å². The minimum absolute atomic E-state index is 0.0370. The molecule has 2 unspecified atom stereocenters. The van der Waals surface area contributed by atoms with Gasteiger partial charge in [0, 0.05) is 25.3 Å². The van der Waals surface area contributed by atoms with Crippen LogP contribution < -0.4 is 0 Å². The second kappa shape index (κ2) is 5.54. The van der Waals surface area contributed by atoms with Crippen molar-refractivity contribution in [1.29, 1.82) is 0 Å². The first-order valence-corrected chi connectivity index (χ1v) is 6.25. The Morgan fingerprint density at radius 1 is 1.58 bits per heavy atom. The van der Waals surface area contributed by atoms with Crippen molar-refractivity contribution in [2.75, 3.05) is 27.2 Å². The highest BCUT2D eigenvalue weighted by Crippen LogP contribution is 2.24. The van der Waals surface area contributed by atoms with E-state index in [9.17, 15) is 15.0 Å². The maximum absolute atomic E-state index is 12.4. The van der Waals surface area contributed by atoms with Crippen LogP contribution in [0.3, 0.4) is 0 Å². The van der Waals surface area contributed by atoms with E-state index in [4.69, 9.17) is 0 Å². The number of likely N-dealkylation sites (N-methyl/N-ethyl adjacent to an activating group) is 1. The van der Waals surface area contributed by atoms with Gasteiger partial charge in [0.1, 0.15) is 5.75 Å². The molecule has 6 nitrogen and oxygen atoms in total. The van der Waals surface area contributed by atoms with Crippen molar-refractivity contribution in [3.8, 4) is 5.75 Å². The van der Waals surface area contributed by atoms with Crippen molar-refractivity contribution >= 4 is 5.91 Å². The zero-order chi connectivity index (χ0) is 14.0. The van der Waals surface area contributed by atoms with Gasteiger partial charge in [-0.15, -0.1) is 0 Å². The van der Waals surface area contributed by atoms with Gasteiger partial charge >= 0.3 is 0 Å². The molecule has 0 bridgehead atoms. The minimum Gasteiger partial charge on any atom is -0.505 e. The van der Waals surface area contributed by atoms with E-state index in [0.29, 0.717) is 19.5 Å². The van der Waals surface area contributed by atoms with E-state index in [1.54, 1.807) is 4.90 Å². The number of rotatable bonds is 3. The van der Waals surface area contributed by atoms with Gasteiger partial charge in [-0.3, -0.25) is 9.78 Å². The fourth-order valence-electron chi connectivity index (χ4n) is 2.46. The Kier molecular flexibility index (Phi) is 4.01. The van der Waals surface area contributed by atoms with Crippen molar-refractivity contribution in [3.63, 3.8) is 0 Å². The molecule has 0 aliphatic carbocycles. The molecule has 2 atom stereocenters. The number of aromatic nitrogens is 1. The zero-order valence-electron chi connectivity index (χ0n) is 11.2. The predicted molar refractivity (Wildman–Crippen MR) is 69.9 cm³/mol. The lowest BCUT2D eigenvalue weighted by molar-refractivity contribution is 0.0696. The molecule has 0 spiro atoms. The largest absolute Gasteiger partial charge is 0.505 e. The summed E-state index contributed by atoms with van der Waals surface area (Å²) >= 11 is 0. The number of pyridine rings is 1. The van der Waals surface area contributed by atoms with Gasteiger partial charge in [0.25, 0.3) is 5.91 Å². The Morgan fingerprint density at radius 2 is 2.32 bits per heavy atom. The van der Waals surface area contributed by atoms with Gasteiger partial charge in [0.15, 0.2) is 0 Å². The Labute approximate surface area is 112 Å². The van der Waals surface area contributed by atoms with Crippen LogP contribution in [0.5, 0.6) is 5.75 Å². The molecule has 2 N–H and O–H groups in total. The molecular formula is C13H19N3O3. The Morgan fingerprint density at radius 3 is 2.95 bits per heavy atom.